The molecule has 3 aromatic rings. The van der Waals surface area contributed by atoms with E-state index in [9.17, 15) is 13.6 Å². The van der Waals surface area contributed by atoms with Gasteiger partial charge in [-0.25, -0.2) is 9.37 Å². The van der Waals surface area contributed by atoms with Gasteiger partial charge in [0.2, 0.25) is 5.95 Å². The second-order valence-electron chi connectivity index (χ2n) is 6.42. The lowest BCUT2D eigenvalue weighted by atomic mass is 9.97. The van der Waals surface area contributed by atoms with Crippen molar-refractivity contribution in [2.45, 2.75) is 18.8 Å². The zero-order chi connectivity index (χ0) is 18.8. The zero-order valence-electron chi connectivity index (χ0n) is 14.3. The van der Waals surface area contributed by atoms with Crippen LogP contribution in [0.25, 0.3) is 11.5 Å². The number of rotatable bonds is 3. The van der Waals surface area contributed by atoms with Gasteiger partial charge in [0.25, 0.3) is 11.8 Å². The van der Waals surface area contributed by atoms with Gasteiger partial charge in [-0.3, -0.25) is 4.79 Å². The number of likely N-dealkylation sites (tertiary alicyclic amines) is 1. The first-order chi connectivity index (χ1) is 13.1. The molecular weight excluding hydrogens is 354 g/mol. The number of carbonyl (C=O) groups is 1. The van der Waals surface area contributed by atoms with Crippen LogP contribution in [0.2, 0.25) is 0 Å². The normalized spacial score (nSPS) is 17.1. The van der Waals surface area contributed by atoms with E-state index < -0.39 is 5.95 Å². The molecule has 3 heterocycles. The maximum atomic E-state index is 13.0. The van der Waals surface area contributed by atoms with E-state index in [1.807, 2.05) is 0 Å². The van der Waals surface area contributed by atoms with Crippen molar-refractivity contribution in [3.8, 4) is 11.5 Å². The van der Waals surface area contributed by atoms with Crippen LogP contribution in [0.4, 0.5) is 8.78 Å². The number of nitrogens with zero attached hydrogens (tertiary/aromatic N) is 4. The van der Waals surface area contributed by atoms with Gasteiger partial charge in [-0.15, -0.1) is 0 Å². The van der Waals surface area contributed by atoms with Gasteiger partial charge >= 0.3 is 0 Å². The molecule has 1 amide bonds. The van der Waals surface area contributed by atoms with E-state index in [-0.39, 0.29) is 17.6 Å². The third-order valence-electron chi connectivity index (χ3n) is 4.58. The number of benzene rings is 1. The number of carbonyl (C=O) groups excluding carboxylic acids is 1. The molecule has 0 bridgehead atoms. The van der Waals surface area contributed by atoms with Crippen molar-refractivity contribution in [1.82, 2.24) is 20.0 Å². The standard InChI is InChI=1S/C19H16F2N4O2/c20-15-6-3-12(4-7-15)18-23-17(24-27-18)14-2-1-9-25(11-14)19(26)13-5-8-16(21)22-10-13/h3-8,10,14H,1-2,9,11H2/t14-/m0/s1. The molecular formula is C19H16F2N4O2. The molecule has 1 aliphatic rings. The number of amides is 1. The zero-order valence-corrected chi connectivity index (χ0v) is 14.3. The summed E-state index contributed by atoms with van der Waals surface area (Å²) in [5.74, 6) is -0.387. The number of pyridine rings is 1. The van der Waals surface area contributed by atoms with Gasteiger partial charge in [0.05, 0.1) is 5.56 Å². The molecule has 8 heteroatoms. The Labute approximate surface area is 153 Å². The molecule has 0 radical (unpaired) electrons. The highest BCUT2D eigenvalue weighted by Gasteiger charge is 2.29. The minimum absolute atomic E-state index is 0.0611. The van der Waals surface area contributed by atoms with Crippen LogP contribution >= 0.6 is 0 Å². The molecule has 6 nitrogen and oxygen atoms in total. The Hall–Kier alpha value is -3.16. The molecule has 1 aliphatic heterocycles. The van der Waals surface area contributed by atoms with Crippen LogP contribution in [0.15, 0.2) is 47.1 Å². The van der Waals surface area contributed by atoms with E-state index in [1.54, 1.807) is 17.0 Å². The molecule has 0 unspecified atom stereocenters. The highest BCUT2D eigenvalue weighted by Crippen LogP contribution is 2.28. The van der Waals surface area contributed by atoms with Crippen LogP contribution < -0.4 is 0 Å². The minimum Gasteiger partial charge on any atom is -0.338 e. The van der Waals surface area contributed by atoms with Crippen molar-refractivity contribution in [3.63, 3.8) is 0 Å². The van der Waals surface area contributed by atoms with Gasteiger partial charge in [-0.2, -0.15) is 9.37 Å². The fourth-order valence-corrected chi connectivity index (χ4v) is 3.17. The minimum atomic E-state index is -0.622. The summed E-state index contributed by atoms with van der Waals surface area (Å²) < 4.78 is 31.3. The third-order valence-corrected chi connectivity index (χ3v) is 4.58. The molecule has 27 heavy (non-hydrogen) atoms. The van der Waals surface area contributed by atoms with Crippen LogP contribution in [-0.2, 0) is 0 Å². The molecule has 1 aromatic carbocycles. The number of halogens is 2. The van der Waals surface area contributed by atoms with Gasteiger partial charge in [0.15, 0.2) is 5.82 Å². The number of aromatic nitrogens is 3. The van der Waals surface area contributed by atoms with E-state index in [4.69, 9.17) is 4.52 Å². The van der Waals surface area contributed by atoms with Crippen molar-refractivity contribution < 1.29 is 18.1 Å². The molecule has 2 aromatic heterocycles. The number of hydrogen-bond donors (Lipinski definition) is 0. The van der Waals surface area contributed by atoms with E-state index in [1.165, 1.54) is 30.5 Å². The Bertz CT molecular complexity index is 941. The fraction of sp³-hybridized carbons (Fsp3) is 0.263. The maximum absolute atomic E-state index is 13.0. The lowest BCUT2D eigenvalue weighted by molar-refractivity contribution is 0.0703. The number of piperidine rings is 1. The summed E-state index contributed by atoms with van der Waals surface area (Å²) in [6, 6.07) is 8.40. The highest BCUT2D eigenvalue weighted by atomic mass is 19.1. The summed E-state index contributed by atoms with van der Waals surface area (Å²) in [5.41, 5.74) is 0.980. The van der Waals surface area contributed by atoms with Gasteiger partial charge < -0.3 is 9.42 Å². The fourth-order valence-electron chi connectivity index (χ4n) is 3.17. The molecule has 1 atom stereocenters. The number of hydrogen-bond acceptors (Lipinski definition) is 5. The summed E-state index contributed by atoms with van der Waals surface area (Å²) >= 11 is 0. The molecule has 0 aliphatic carbocycles. The molecule has 0 saturated carbocycles. The van der Waals surface area contributed by atoms with Crippen LogP contribution in [0.1, 0.15) is 34.9 Å². The van der Waals surface area contributed by atoms with Crippen molar-refractivity contribution in [2.75, 3.05) is 13.1 Å². The molecule has 0 N–H and O–H groups in total. The average Bonchev–Trinajstić information content (AvgIpc) is 3.19. The SMILES string of the molecule is O=C(c1ccc(F)nc1)N1CCC[C@H](c2noc(-c3ccc(F)cc3)n2)C1. The second kappa shape index (κ2) is 7.22. The summed E-state index contributed by atoms with van der Waals surface area (Å²) in [6.45, 7) is 1.05. The van der Waals surface area contributed by atoms with Gasteiger partial charge in [0, 0.05) is 30.8 Å². The first-order valence-corrected chi connectivity index (χ1v) is 8.60. The van der Waals surface area contributed by atoms with Crippen molar-refractivity contribution in [2.24, 2.45) is 0 Å². The van der Waals surface area contributed by atoms with Crippen LogP contribution in [0.5, 0.6) is 0 Å². The predicted octanol–water partition coefficient (Wildman–Crippen LogP) is 3.43. The van der Waals surface area contributed by atoms with E-state index >= 15 is 0 Å². The van der Waals surface area contributed by atoms with E-state index in [0.29, 0.717) is 35.9 Å². The molecule has 4 rings (SSSR count). The lowest BCUT2D eigenvalue weighted by Gasteiger charge is -2.31. The van der Waals surface area contributed by atoms with Gasteiger partial charge in [-0.05, 0) is 49.2 Å². The Balaban J connectivity index is 1.49. The van der Waals surface area contributed by atoms with Gasteiger partial charge in [-0.1, -0.05) is 5.16 Å². The van der Waals surface area contributed by atoms with Crippen molar-refractivity contribution in [1.29, 1.82) is 0 Å². The lowest BCUT2D eigenvalue weighted by Crippen LogP contribution is -2.39. The van der Waals surface area contributed by atoms with Crippen LogP contribution in [0.3, 0.4) is 0 Å². The van der Waals surface area contributed by atoms with Crippen LogP contribution in [-0.4, -0.2) is 39.0 Å². The smallest absolute Gasteiger partial charge is 0.257 e. The Morgan fingerprint density at radius 3 is 2.70 bits per heavy atom. The molecule has 138 valence electrons. The summed E-state index contributed by atoms with van der Waals surface area (Å²) in [7, 11) is 0. The Morgan fingerprint density at radius 1 is 1.15 bits per heavy atom. The summed E-state index contributed by atoms with van der Waals surface area (Å²) in [4.78, 5) is 22.2. The second-order valence-corrected chi connectivity index (χ2v) is 6.42. The van der Waals surface area contributed by atoms with E-state index in [2.05, 4.69) is 15.1 Å². The average molecular weight is 370 g/mol. The predicted molar refractivity (Wildman–Crippen MR) is 91.8 cm³/mol. The first-order valence-electron chi connectivity index (χ1n) is 8.60. The molecule has 1 saturated heterocycles. The first kappa shape index (κ1) is 17.3. The Kier molecular flexibility index (Phi) is 4.62. The van der Waals surface area contributed by atoms with E-state index in [0.717, 1.165) is 12.8 Å². The van der Waals surface area contributed by atoms with Gasteiger partial charge in [0.1, 0.15) is 5.82 Å². The van der Waals surface area contributed by atoms with Crippen LogP contribution in [0, 0.1) is 11.8 Å². The van der Waals surface area contributed by atoms with Crippen molar-refractivity contribution >= 4 is 5.91 Å². The highest BCUT2D eigenvalue weighted by molar-refractivity contribution is 5.94. The summed E-state index contributed by atoms with van der Waals surface area (Å²) in [5, 5.41) is 4.04. The Morgan fingerprint density at radius 2 is 1.96 bits per heavy atom. The monoisotopic (exact) mass is 370 g/mol. The molecule has 1 fully saturated rings. The van der Waals surface area contributed by atoms with Crippen molar-refractivity contribution in [3.05, 3.63) is 65.7 Å². The molecule has 0 spiro atoms. The largest absolute Gasteiger partial charge is 0.338 e. The maximum Gasteiger partial charge on any atom is 0.257 e. The quantitative estimate of drug-likeness (QED) is 0.661. The summed E-state index contributed by atoms with van der Waals surface area (Å²) in [6.07, 6.45) is 2.86. The topological polar surface area (TPSA) is 72.1 Å². The third kappa shape index (κ3) is 3.69.